The first-order valence-electron chi connectivity index (χ1n) is 6.87. The van der Waals surface area contributed by atoms with E-state index in [0.29, 0.717) is 17.6 Å². The smallest absolute Gasteiger partial charge is 0.230 e. The highest BCUT2D eigenvalue weighted by molar-refractivity contribution is 5.63. The number of hydrogen-bond acceptors (Lipinski definition) is 5. The Kier molecular flexibility index (Phi) is 2.77. The minimum Gasteiger partial charge on any atom is -0.496 e. The Morgan fingerprint density at radius 2 is 2.05 bits per heavy atom. The lowest BCUT2D eigenvalue weighted by molar-refractivity contribution is 0.375. The van der Waals surface area contributed by atoms with Crippen molar-refractivity contribution in [2.75, 3.05) is 7.11 Å². The fraction of sp³-hybridized carbons (Fsp3) is 0.250. The lowest BCUT2D eigenvalue weighted by Gasteiger charge is -2.02. The number of furan rings is 1. The van der Waals surface area contributed by atoms with Gasteiger partial charge in [-0.3, -0.25) is 0 Å². The van der Waals surface area contributed by atoms with Crippen LogP contribution in [-0.2, 0) is 0 Å². The normalized spacial score (nSPS) is 20.4. The summed E-state index contributed by atoms with van der Waals surface area (Å²) in [5.41, 5.74) is 0.838. The molecule has 1 aromatic carbocycles. The predicted octanol–water partition coefficient (Wildman–Crippen LogP) is 3.61. The second-order valence-electron chi connectivity index (χ2n) is 5.12. The Balaban J connectivity index is 1.60. The highest BCUT2D eigenvalue weighted by Crippen LogP contribution is 2.54. The summed E-state index contributed by atoms with van der Waals surface area (Å²) in [6, 6.07) is 11.5. The molecule has 0 amide bonds. The molecule has 0 spiro atoms. The van der Waals surface area contributed by atoms with Gasteiger partial charge in [0.25, 0.3) is 0 Å². The third-order valence-electron chi connectivity index (χ3n) is 3.81. The molecule has 0 saturated heterocycles. The SMILES string of the molecule is COc1ccccc1-c1noc([C@@H]2C[C@@H]2c2ccco2)n1. The van der Waals surface area contributed by atoms with Crippen LogP contribution < -0.4 is 4.74 Å². The molecule has 3 aromatic rings. The average Bonchev–Trinajstić information content (AvgIpc) is 2.97. The molecule has 0 aliphatic heterocycles. The minimum absolute atomic E-state index is 0.257. The van der Waals surface area contributed by atoms with Crippen molar-refractivity contribution in [3.63, 3.8) is 0 Å². The molecule has 1 fully saturated rings. The molecule has 4 rings (SSSR count). The van der Waals surface area contributed by atoms with Crippen molar-refractivity contribution in [1.29, 1.82) is 0 Å². The standard InChI is InChI=1S/C16H14N2O3/c1-19-13-6-3-2-5-10(13)15-17-16(21-18-15)12-9-11(12)14-7-4-8-20-14/h2-8,11-12H,9H2,1H3/t11-,12+/m0/s1. The molecule has 1 aliphatic carbocycles. The number of hydrogen-bond donors (Lipinski definition) is 0. The number of benzene rings is 1. The van der Waals surface area contributed by atoms with Gasteiger partial charge in [0, 0.05) is 11.8 Å². The van der Waals surface area contributed by atoms with E-state index < -0.39 is 0 Å². The van der Waals surface area contributed by atoms with Crippen molar-refractivity contribution in [3.8, 4) is 17.1 Å². The Hall–Kier alpha value is -2.56. The Morgan fingerprint density at radius 3 is 2.86 bits per heavy atom. The maximum atomic E-state index is 5.43. The Bertz CT molecular complexity index is 748. The van der Waals surface area contributed by atoms with Crippen molar-refractivity contribution >= 4 is 0 Å². The molecule has 2 atom stereocenters. The van der Waals surface area contributed by atoms with E-state index in [1.54, 1.807) is 13.4 Å². The zero-order chi connectivity index (χ0) is 14.2. The fourth-order valence-corrected chi connectivity index (χ4v) is 2.61. The summed E-state index contributed by atoms with van der Waals surface area (Å²) in [4.78, 5) is 4.51. The average molecular weight is 282 g/mol. The summed E-state index contributed by atoms with van der Waals surface area (Å²) in [6.45, 7) is 0. The molecule has 0 N–H and O–H groups in total. The first-order valence-corrected chi connectivity index (χ1v) is 6.87. The van der Waals surface area contributed by atoms with Gasteiger partial charge in [-0.15, -0.1) is 0 Å². The molecule has 106 valence electrons. The molecular weight excluding hydrogens is 268 g/mol. The van der Waals surface area contributed by atoms with Gasteiger partial charge in [-0.1, -0.05) is 17.3 Å². The third-order valence-corrected chi connectivity index (χ3v) is 3.81. The molecule has 5 heteroatoms. The number of para-hydroxylation sites is 1. The summed E-state index contributed by atoms with van der Waals surface area (Å²) >= 11 is 0. The number of aromatic nitrogens is 2. The maximum absolute atomic E-state index is 5.43. The van der Waals surface area contributed by atoms with E-state index in [1.165, 1.54) is 0 Å². The van der Waals surface area contributed by atoms with Crippen LogP contribution in [-0.4, -0.2) is 17.3 Å². The van der Waals surface area contributed by atoms with Gasteiger partial charge in [-0.2, -0.15) is 4.98 Å². The van der Waals surface area contributed by atoms with Crippen molar-refractivity contribution < 1.29 is 13.7 Å². The molecule has 2 aromatic heterocycles. The molecule has 21 heavy (non-hydrogen) atoms. The number of rotatable bonds is 4. The molecular formula is C16H14N2O3. The van der Waals surface area contributed by atoms with Gasteiger partial charge in [0.2, 0.25) is 11.7 Å². The zero-order valence-corrected chi connectivity index (χ0v) is 11.5. The van der Waals surface area contributed by atoms with Crippen LogP contribution in [0.3, 0.4) is 0 Å². The van der Waals surface area contributed by atoms with E-state index in [9.17, 15) is 0 Å². The molecule has 5 nitrogen and oxygen atoms in total. The van der Waals surface area contributed by atoms with Crippen LogP contribution in [0.15, 0.2) is 51.6 Å². The second kappa shape index (κ2) is 4.77. The van der Waals surface area contributed by atoms with E-state index >= 15 is 0 Å². The fourth-order valence-electron chi connectivity index (χ4n) is 2.61. The maximum Gasteiger partial charge on any atom is 0.230 e. The van der Waals surface area contributed by atoms with Crippen LogP contribution in [0, 0.1) is 0 Å². The van der Waals surface area contributed by atoms with Crippen LogP contribution in [0.2, 0.25) is 0 Å². The topological polar surface area (TPSA) is 61.3 Å². The molecule has 2 heterocycles. The zero-order valence-electron chi connectivity index (χ0n) is 11.5. The van der Waals surface area contributed by atoms with Gasteiger partial charge in [-0.25, -0.2) is 0 Å². The van der Waals surface area contributed by atoms with Crippen LogP contribution >= 0.6 is 0 Å². The van der Waals surface area contributed by atoms with Gasteiger partial charge >= 0.3 is 0 Å². The molecule has 1 saturated carbocycles. The van der Waals surface area contributed by atoms with Gasteiger partial charge < -0.3 is 13.7 Å². The lowest BCUT2D eigenvalue weighted by atomic mass is 10.2. The van der Waals surface area contributed by atoms with E-state index in [2.05, 4.69) is 10.1 Å². The Morgan fingerprint density at radius 1 is 1.14 bits per heavy atom. The van der Waals surface area contributed by atoms with Gasteiger partial charge in [-0.05, 0) is 30.7 Å². The Labute approximate surface area is 121 Å². The van der Waals surface area contributed by atoms with Gasteiger partial charge in [0.1, 0.15) is 11.5 Å². The van der Waals surface area contributed by atoms with Gasteiger partial charge in [0.05, 0.1) is 18.9 Å². The van der Waals surface area contributed by atoms with Crippen molar-refractivity contribution in [1.82, 2.24) is 10.1 Å². The summed E-state index contributed by atoms with van der Waals surface area (Å²) in [7, 11) is 1.63. The summed E-state index contributed by atoms with van der Waals surface area (Å²) in [5.74, 6) is 3.56. The monoisotopic (exact) mass is 282 g/mol. The number of ether oxygens (including phenoxy) is 1. The van der Waals surface area contributed by atoms with E-state index in [0.717, 1.165) is 23.5 Å². The van der Waals surface area contributed by atoms with Crippen molar-refractivity contribution in [2.24, 2.45) is 0 Å². The molecule has 0 bridgehead atoms. The number of methoxy groups -OCH3 is 1. The highest BCUT2D eigenvalue weighted by Gasteiger charge is 2.45. The molecule has 1 aliphatic rings. The largest absolute Gasteiger partial charge is 0.496 e. The number of nitrogens with zero attached hydrogens (tertiary/aromatic N) is 2. The van der Waals surface area contributed by atoms with E-state index in [1.807, 2.05) is 36.4 Å². The van der Waals surface area contributed by atoms with E-state index in [-0.39, 0.29) is 5.92 Å². The molecule has 0 unspecified atom stereocenters. The van der Waals surface area contributed by atoms with E-state index in [4.69, 9.17) is 13.7 Å². The minimum atomic E-state index is 0.257. The lowest BCUT2D eigenvalue weighted by Crippen LogP contribution is -1.89. The van der Waals surface area contributed by atoms with Gasteiger partial charge in [0.15, 0.2) is 0 Å². The summed E-state index contributed by atoms with van der Waals surface area (Å²) in [5, 5.41) is 4.08. The highest BCUT2D eigenvalue weighted by atomic mass is 16.5. The quantitative estimate of drug-likeness (QED) is 0.731. The second-order valence-corrected chi connectivity index (χ2v) is 5.12. The first kappa shape index (κ1) is 12.2. The third kappa shape index (κ3) is 2.11. The van der Waals surface area contributed by atoms with Crippen LogP contribution in [0.5, 0.6) is 5.75 Å². The van der Waals surface area contributed by atoms with Crippen LogP contribution in [0.1, 0.15) is 29.9 Å². The van der Waals surface area contributed by atoms with Crippen LogP contribution in [0.4, 0.5) is 0 Å². The molecule has 0 radical (unpaired) electrons. The summed E-state index contributed by atoms with van der Waals surface area (Å²) < 4.78 is 16.2. The van der Waals surface area contributed by atoms with Crippen LogP contribution in [0.25, 0.3) is 11.4 Å². The summed E-state index contributed by atoms with van der Waals surface area (Å²) in [6.07, 6.45) is 2.68. The van der Waals surface area contributed by atoms with Crippen molar-refractivity contribution in [2.45, 2.75) is 18.3 Å². The predicted molar refractivity (Wildman–Crippen MR) is 75.1 cm³/mol. The van der Waals surface area contributed by atoms with Crippen molar-refractivity contribution in [3.05, 3.63) is 54.3 Å². The first-order chi connectivity index (χ1) is 10.4.